The normalized spacial score (nSPS) is 15.7. The summed E-state index contributed by atoms with van der Waals surface area (Å²) in [7, 11) is 0. The van der Waals surface area contributed by atoms with E-state index in [1.165, 1.54) is 6.08 Å². The largest absolute Gasteiger partial charge is 0.489 e. The molecule has 0 spiro atoms. The molecule has 5 rings (SSSR count). The average molecular weight is 514 g/mol. The molecular formula is C30H31N3O5. The number of benzene rings is 3. The first-order chi connectivity index (χ1) is 18.6. The molecule has 2 amide bonds. The number of anilines is 2. The van der Waals surface area contributed by atoms with E-state index >= 15 is 0 Å². The number of nitrogens with one attached hydrogen (secondary N) is 1. The second kappa shape index (κ2) is 12.4. The summed E-state index contributed by atoms with van der Waals surface area (Å²) in [6, 6.07) is 22.9. The Labute approximate surface area is 222 Å². The van der Waals surface area contributed by atoms with Crippen LogP contribution >= 0.6 is 0 Å². The van der Waals surface area contributed by atoms with Crippen LogP contribution in [0, 0.1) is 0 Å². The molecule has 3 aromatic carbocycles. The summed E-state index contributed by atoms with van der Waals surface area (Å²) in [5.74, 6) is 1.04. The summed E-state index contributed by atoms with van der Waals surface area (Å²) in [5, 5.41) is 2.88. The molecule has 0 aliphatic carbocycles. The number of carbonyl (C=O) groups is 2. The maximum Gasteiger partial charge on any atom is 0.265 e. The Balaban J connectivity index is 1.17. The SMILES string of the molecule is O=C(/C=C/c1ccc(OCc2ccccc2)cc1)Nc1ccc2c(c1)N(CCN1CCOCC1)C(=O)CO2. The number of carbonyl (C=O) groups excluding carboxylic acids is 2. The van der Waals surface area contributed by atoms with Gasteiger partial charge in [-0.15, -0.1) is 0 Å². The number of morpholine rings is 1. The lowest BCUT2D eigenvalue weighted by Gasteiger charge is -2.33. The van der Waals surface area contributed by atoms with Gasteiger partial charge in [0, 0.05) is 37.9 Å². The second-order valence-electron chi connectivity index (χ2n) is 9.14. The molecule has 0 saturated carbocycles. The Bertz CT molecular complexity index is 1270. The number of rotatable bonds is 9. The molecule has 8 heteroatoms. The maximum absolute atomic E-state index is 12.6. The van der Waals surface area contributed by atoms with E-state index in [1.54, 1.807) is 29.2 Å². The van der Waals surface area contributed by atoms with Crippen LogP contribution in [0.5, 0.6) is 11.5 Å². The number of amides is 2. The van der Waals surface area contributed by atoms with E-state index in [1.807, 2.05) is 54.6 Å². The van der Waals surface area contributed by atoms with E-state index in [-0.39, 0.29) is 18.4 Å². The van der Waals surface area contributed by atoms with Crippen molar-refractivity contribution in [3.63, 3.8) is 0 Å². The van der Waals surface area contributed by atoms with Crippen LogP contribution in [0.3, 0.4) is 0 Å². The molecule has 0 atom stereocenters. The van der Waals surface area contributed by atoms with Crippen molar-refractivity contribution in [2.75, 3.05) is 56.2 Å². The minimum absolute atomic E-state index is 0.0145. The van der Waals surface area contributed by atoms with Gasteiger partial charge in [0.2, 0.25) is 5.91 Å². The molecule has 1 fully saturated rings. The van der Waals surface area contributed by atoms with Crippen molar-refractivity contribution in [1.29, 1.82) is 0 Å². The summed E-state index contributed by atoms with van der Waals surface area (Å²) >= 11 is 0. The van der Waals surface area contributed by atoms with Crippen molar-refractivity contribution in [3.05, 3.63) is 90.0 Å². The fourth-order valence-electron chi connectivity index (χ4n) is 4.36. The van der Waals surface area contributed by atoms with E-state index in [0.29, 0.717) is 43.5 Å². The van der Waals surface area contributed by atoms with Gasteiger partial charge in [-0.3, -0.25) is 14.5 Å². The standard InChI is InChI=1S/C30H31N3O5/c34-29(13-8-23-6-10-26(11-7-23)37-21-24-4-2-1-3-5-24)31-25-9-12-28-27(20-25)33(30(35)22-38-28)15-14-32-16-18-36-19-17-32/h1-13,20H,14-19,21-22H2,(H,31,34)/b13-8+. The van der Waals surface area contributed by atoms with Crippen molar-refractivity contribution in [2.24, 2.45) is 0 Å². The van der Waals surface area contributed by atoms with Crippen LogP contribution in [-0.4, -0.2) is 62.7 Å². The highest BCUT2D eigenvalue weighted by Gasteiger charge is 2.26. The van der Waals surface area contributed by atoms with Crippen LogP contribution in [0.25, 0.3) is 6.08 Å². The number of ether oxygens (including phenoxy) is 3. The number of nitrogens with zero attached hydrogens (tertiary/aromatic N) is 2. The molecule has 2 aliphatic heterocycles. The Kier molecular flexibility index (Phi) is 8.32. The highest BCUT2D eigenvalue weighted by atomic mass is 16.5. The van der Waals surface area contributed by atoms with Crippen LogP contribution in [0.2, 0.25) is 0 Å². The van der Waals surface area contributed by atoms with E-state index < -0.39 is 0 Å². The molecule has 0 bridgehead atoms. The van der Waals surface area contributed by atoms with Gasteiger partial charge < -0.3 is 24.4 Å². The van der Waals surface area contributed by atoms with Crippen LogP contribution in [-0.2, 0) is 20.9 Å². The van der Waals surface area contributed by atoms with Crippen molar-refractivity contribution in [1.82, 2.24) is 4.90 Å². The first-order valence-corrected chi connectivity index (χ1v) is 12.8. The molecule has 0 unspecified atom stereocenters. The van der Waals surface area contributed by atoms with Crippen molar-refractivity contribution < 1.29 is 23.8 Å². The van der Waals surface area contributed by atoms with E-state index in [2.05, 4.69) is 10.2 Å². The zero-order valence-corrected chi connectivity index (χ0v) is 21.2. The quantitative estimate of drug-likeness (QED) is 0.436. The van der Waals surface area contributed by atoms with Crippen molar-refractivity contribution in [3.8, 4) is 11.5 Å². The van der Waals surface area contributed by atoms with Crippen molar-refractivity contribution >= 4 is 29.3 Å². The maximum atomic E-state index is 12.6. The minimum atomic E-state index is -0.266. The summed E-state index contributed by atoms with van der Waals surface area (Å²) in [6.07, 6.45) is 3.23. The second-order valence-corrected chi connectivity index (χ2v) is 9.14. The zero-order chi connectivity index (χ0) is 26.2. The lowest BCUT2D eigenvalue weighted by Crippen LogP contribution is -2.45. The molecule has 1 N–H and O–H groups in total. The number of fused-ring (bicyclic) bond motifs is 1. The van der Waals surface area contributed by atoms with Gasteiger partial charge in [0.05, 0.1) is 18.9 Å². The molecule has 38 heavy (non-hydrogen) atoms. The third kappa shape index (κ3) is 6.79. The molecular weight excluding hydrogens is 482 g/mol. The Hall–Kier alpha value is -4.14. The van der Waals surface area contributed by atoms with Gasteiger partial charge in [0.15, 0.2) is 6.61 Å². The van der Waals surface area contributed by atoms with Crippen LogP contribution in [0.15, 0.2) is 78.9 Å². The molecule has 196 valence electrons. The summed E-state index contributed by atoms with van der Waals surface area (Å²) in [5.41, 5.74) is 3.25. The predicted molar refractivity (Wildman–Crippen MR) is 146 cm³/mol. The van der Waals surface area contributed by atoms with Crippen LogP contribution < -0.4 is 19.7 Å². The molecule has 2 aliphatic rings. The summed E-state index contributed by atoms with van der Waals surface area (Å²) in [6.45, 7) is 4.96. The smallest absolute Gasteiger partial charge is 0.265 e. The van der Waals surface area contributed by atoms with Gasteiger partial charge >= 0.3 is 0 Å². The van der Waals surface area contributed by atoms with E-state index in [4.69, 9.17) is 14.2 Å². The summed E-state index contributed by atoms with van der Waals surface area (Å²) in [4.78, 5) is 29.2. The Morgan fingerprint density at radius 3 is 2.55 bits per heavy atom. The van der Waals surface area contributed by atoms with Gasteiger partial charge in [0.25, 0.3) is 5.91 Å². The average Bonchev–Trinajstić information content (AvgIpc) is 2.96. The fraction of sp³-hybridized carbons (Fsp3) is 0.267. The monoisotopic (exact) mass is 513 g/mol. The topological polar surface area (TPSA) is 80.3 Å². The van der Waals surface area contributed by atoms with Crippen LogP contribution in [0.4, 0.5) is 11.4 Å². The number of hydrogen-bond acceptors (Lipinski definition) is 6. The first kappa shape index (κ1) is 25.5. The molecule has 1 saturated heterocycles. The highest BCUT2D eigenvalue weighted by molar-refractivity contribution is 6.03. The van der Waals surface area contributed by atoms with Crippen molar-refractivity contribution in [2.45, 2.75) is 6.61 Å². The van der Waals surface area contributed by atoms with Crippen LogP contribution in [0.1, 0.15) is 11.1 Å². The summed E-state index contributed by atoms with van der Waals surface area (Å²) < 4.78 is 16.8. The predicted octanol–water partition coefficient (Wildman–Crippen LogP) is 3.98. The molecule has 2 heterocycles. The first-order valence-electron chi connectivity index (χ1n) is 12.8. The van der Waals surface area contributed by atoms with Gasteiger partial charge in [-0.05, 0) is 47.5 Å². The Morgan fingerprint density at radius 1 is 0.974 bits per heavy atom. The molecule has 3 aromatic rings. The molecule has 8 nitrogen and oxygen atoms in total. The van der Waals surface area contributed by atoms with Gasteiger partial charge in [-0.25, -0.2) is 0 Å². The minimum Gasteiger partial charge on any atom is -0.489 e. The van der Waals surface area contributed by atoms with E-state index in [9.17, 15) is 9.59 Å². The van der Waals surface area contributed by atoms with Gasteiger partial charge in [-0.1, -0.05) is 42.5 Å². The number of hydrogen-bond donors (Lipinski definition) is 1. The highest BCUT2D eigenvalue weighted by Crippen LogP contribution is 2.34. The molecule has 0 radical (unpaired) electrons. The fourth-order valence-corrected chi connectivity index (χ4v) is 4.36. The molecule has 0 aromatic heterocycles. The lowest BCUT2D eigenvalue weighted by molar-refractivity contribution is -0.121. The zero-order valence-electron chi connectivity index (χ0n) is 21.2. The third-order valence-electron chi connectivity index (χ3n) is 6.47. The Morgan fingerprint density at radius 2 is 1.76 bits per heavy atom. The third-order valence-corrected chi connectivity index (χ3v) is 6.47. The van der Waals surface area contributed by atoms with Gasteiger partial charge in [-0.2, -0.15) is 0 Å². The van der Waals surface area contributed by atoms with Gasteiger partial charge in [0.1, 0.15) is 18.1 Å². The van der Waals surface area contributed by atoms with E-state index in [0.717, 1.165) is 36.5 Å². The lowest BCUT2D eigenvalue weighted by atomic mass is 10.2.